The Morgan fingerprint density at radius 3 is 2.76 bits per heavy atom. The van der Waals surface area contributed by atoms with E-state index in [9.17, 15) is 12.8 Å². The molecule has 0 radical (unpaired) electrons. The van der Waals surface area contributed by atoms with E-state index in [0.29, 0.717) is 16.2 Å². The van der Waals surface area contributed by atoms with Crippen molar-refractivity contribution in [2.75, 3.05) is 11.6 Å². The summed E-state index contributed by atoms with van der Waals surface area (Å²) in [6, 6.07) is 2.98. The molecule has 0 amide bonds. The minimum absolute atomic E-state index is 0.0244. The van der Waals surface area contributed by atoms with Crippen molar-refractivity contribution in [1.29, 1.82) is 0 Å². The van der Waals surface area contributed by atoms with Crippen LogP contribution in [0.5, 0.6) is 0 Å². The molecule has 1 heterocycles. The summed E-state index contributed by atoms with van der Waals surface area (Å²) in [7, 11) is -3.57. The molecule has 1 aromatic carbocycles. The van der Waals surface area contributed by atoms with E-state index in [1.54, 1.807) is 6.07 Å². The van der Waals surface area contributed by atoms with Crippen molar-refractivity contribution in [3.8, 4) is 0 Å². The molecule has 92 valence electrons. The van der Waals surface area contributed by atoms with Gasteiger partial charge in [-0.15, -0.1) is 0 Å². The Hall–Kier alpha value is -0.660. The Labute approximate surface area is 107 Å². The van der Waals surface area contributed by atoms with Gasteiger partial charge in [-0.3, -0.25) is 0 Å². The number of nitrogens with zero attached hydrogens (tertiary/aromatic N) is 1. The first-order chi connectivity index (χ1) is 7.99. The van der Waals surface area contributed by atoms with Crippen LogP contribution in [0.3, 0.4) is 0 Å². The predicted octanol–water partition coefficient (Wildman–Crippen LogP) is 1.81. The van der Waals surface area contributed by atoms with Crippen LogP contribution in [0, 0.1) is 5.82 Å². The maximum atomic E-state index is 13.4. The predicted molar refractivity (Wildman–Crippen MR) is 64.8 cm³/mol. The van der Waals surface area contributed by atoms with Crippen molar-refractivity contribution in [3.63, 3.8) is 0 Å². The number of sulfonamides is 1. The molecule has 17 heavy (non-hydrogen) atoms. The van der Waals surface area contributed by atoms with Gasteiger partial charge in [0.1, 0.15) is 10.7 Å². The average molecular weight is 321 g/mol. The topological polar surface area (TPSA) is 49.4 Å². The van der Waals surface area contributed by atoms with Gasteiger partial charge in [-0.1, -0.05) is 0 Å². The van der Waals surface area contributed by atoms with Gasteiger partial charge in [-0.05, 0) is 40.9 Å². The molecule has 3 rings (SSSR count). The van der Waals surface area contributed by atoms with Crippen LogP contribution in [0.2, 0.25) is 0 Å². The highest BCUT2D eigenvalue weighted by Crippen LogP contribution is 2.39. The Morgan fingerprint density at radius 2 is 2.12 bits per heavy atom. The van der Waals surface area contributed by atoms with E-state index in [2.05, 4.69) is 20.7 Å². The van der Waals surface area contributed by atoms with Gasteiger partial charge in [0, 0.05) is 6.04 Å². The van der Waals surface area contributed by atoms with Gasteiger partial charge in [0.15, 0.2) is 0 Å². The SMILES string of the molecule is O=S1(=O)NCN(C2CC2)c2cc(Br)c(F)cc21. The minimum atomic E-state index is -3.57. The Bertz CT molecular complexity index is 586. The molecule has 2 aliphatic rings. The lowest BCUT2D eigenvalue weighted by Crippen LogP contribution is -2.44. The summed E-state index contributed by atoms with van der Waals surface area (Å²) in [4.78, 5) is 2.00. The molecule has 1 N–H and O–H groups in total. The van der Waals surface area contributed by atoms with Gasteiger partial charge in [0.05, 0.1) is 16.8 Å². The molecule has 0 bridgehead atoms. The summed E-state index contributed by atoms with van der Waals surface area (Å²) < 4.78 is 39.8. The van der Waals surface area contributed by atoms with Crippen LogP contribution in [0.4, 0.5) is 10.1 Å². The van der Waals surface area contributed by atoms with Gasteiger partial charge in [0.25, 0.3) is 0 Å². The van der Waals surface area contributed by atoms with E-state index in [1.165, 1.54) is 0 Å². The fourth-order valence-electron chi connectivity index (χ4n) is 1.99. The maximum Gasteiger partial charge on any atom is 0.244 e. The van der Waals surface area contributed by atoms with Crippen molar-refractivity contribution in [2.45, 2.75) is 23.8 Å². The smallest absolute Gasteiger partial charge is 0.244 e. The molecular formula is C10H10BrFN2O2S. The third-order valence-corrected chi connectivity index (χ3v) is 5.04. The Morgan fingerprint density at radius 1 is 1.41 bits per heavy atom. The van der Waals surface area contributed by atoms with Crippen molar-refractivity contribution in [2.24, 2.45) is 0 Å². The number of benzene rings is 1. The zero-order valence-electron chi connectivity index (χ0n) is 8.78. The minimum Gasteiger partial charge on any atom is -0.354 e. The molecule has 1 aromatic rings. The summed E-state index contributed by atoms with van der Waals surface area (Å²) in [5.74, 6) is -0.563. The lowest BCUT2D eigenvalue weighted by atomic mass is 10.2. The molecule has 0 spiro atoms. The van der Waals surface area contributed by atoms with Crippen LogP contribution >= 0.6 is 15.9 Å². The first-order valence-corrected chi connectivity index (χ1v) is 7.52. The molecule has 0 atom stereocenters. The lowest BCUT2D eigenvalue weighted by molar-refractivity contribution is 0.564. The van der Waals surface area contributed by atoms with Gasteiger partial charge < -0.3 is 4.90 Å². The van der Waals surface area contributed by atoms with Gasteiger partial charge in [-0.2, -0.15) is 4.72 Å². The van der Waals surface area contributed by atoms with Gasteiger partial charge >= 0.3 is 0 Å². The van der Waals surface area contributed by atoms with Crippen LogP contribution < -0.4 is 9.62 Å². The highest BCUT2D eigenvalue weighted by Gasteiger charge is 2.37. The Balaban J connectivity index is 2.20. The number of anilines is 1. The average Bonchev–Trinajstić information content (AvgIpc) is 3.05. The van der Waals surface area contributed by atoms with Crippen LogP contribution in [-0.2, 0) is 10.0 Å². The fourth-order valence-corrected chi connectivity index (χ4v) is 3.49. The number of nitrogens with one attached hydrogen (secondary N) is 1. The van der Waals surface area contributed by atoms with E-state index in [4.69, 9.17) is 0 Å². The van der Waals surface area contributed by atoms with E-state index < -0.39 is 15.8 Å². The highest BCUT2D eigenvalue weighted by atomic mass is 79.9. The van der Waals surface area contributed by atoms with Crippen molar-refractivity contribution in [3.05, 3.63) is 22.4 Å². The summed E-state index contributed by atoms with van der Waals surface area (Å²) in [6.45, 7) is 0.262. The molecule has 0 aromatic heterocycles. The number of fused-ring (bicyclic) bond motifs is 1. The zero-order chi connectivity index (χ0) is 12.2. The number of hydrogen-bond acceptors (Lipinski definition) is 3. The molecule has 1 aliphatic heterocycles. The third-order valence-electron chi connectivity index (χ3n) is 3.01. The van der Waals surface area contributed by atoms with E-state index in [-0.39, 0.29) is 11.6 Å². The summed E-state index contributed by atoms with van der Waals surface area (Å²) in [5, 5.41) is 0. The van der Waals surface area contributed by atoms with Crippen LogP contribution in [0.25, 0.3) is 0 Å². The fraction of sp³-hybridized carbons (Fsp3) is 0.400. The van der Waals surface area contributed by atoms with Crippen molar-refractivity contribution in [1.82, 2.24) is 4.72 Å². The van der Waals surface area contributed by atoms with Gasteiger partial charge in [0.2, 0.25) is 10.0 Å². The van der Waals surface area contributed by atoms with Crippen molar-refractivity contribution < 1.29 is 12.8 Å². The maximum absolute atomic E-state index is 13.4. The van der Waals surface area contributed by atoms with Gasteiger partial charge in [-0.25, -0.2) is 12.8 Å². The van der Waals surface area contributed by atoms with Crippen LogP contribution in [-0.4, -0.2) is 21.1 Å². The second kappa shape index (κ2) is 3.66. The van der Waals surface area contributed by atoms with E-state index in [1.807, 2.05) is 4.90 Å². The number of rotatable bonds is 1. The van der Waals surface area contributed by atoms with E-state index in [0.717, 1.165) is 18.9 Å². The molecule has 4 nitrogen and oxygen atoms in total. The van der Waals surface area contributed by atoms with Crippen molar-refractivity contribution >= 4 is 31.6 Å². The summed E-state index contributed by atoms with van der Waals surface area (Å²) in [5.41, 5.74) is 0.583. The summed E-state index contributed by atoms with van der Waals surface area (Å²) in [6.07, 6.45) is 2.10. The molecule has 7 heteroatoms. The second-order valence-electron chi connectivity index (χ2n) is 4.24. The molecular weight excluding hydrogens is 311 g/mol. The first kappa shape index (κ1) is 11.4. The summed E-state index contributed by atoms with van der Waals surface area (Å²) >= 11 is 3.09. The van der Waals surface area contributed by atoms with E-state index >= 15 is 0 Å². The molecule has 0 unspecified atom stereocenters. The quantitative estimate of drug-likeness (QED) is 0.858. The number of hydrogen-bond donors (Lipinski definition) is 1. The zero-order valence-corrected chi connectivity index (χ0v) is 11.2. The highest BCUT2D eigenvalue weighted by molar-refractivity contribution is 9.10. The molecule has 1 fully saturated rings. The largest absolute Gasteiger partial charge is 0.354 e. The molecule has 1 saturated carbocycles. The molecule has 0 saturated heterocycles. The lowest BCUT2D eigenvalue weighted by Gasteiger charge is -2.31. The monoisotopic (exact) mass is 320 g/mol. The normalized spacial score (nSPS) is 22.4. The third kappa shape index (κ3) is 1.86. The first-order valence-electron chi connectivity index (χ1n) is 5.24. The van der Waals surface area contributed by atoms with Crippen LogP contribution in [0.15, 0.2) is 21.5 Å². The second-order valence-corrected chi connectivity index (χ2v) is 6.83. The Kier molecular flexibility index (Phi) is 2.46. The van der Waals surface area contributed by atoms with Crippen LogP contribution in [0.1, 0.15) is 12.8 Å². The molecule has 1 aliphatic carbocycles. The standard InChI is InChI=1S/C10H10BrFN2O2S/c11-7-3-9-10(4-8(7)12)17(15,16)13-5-14(9)6-1-2-6/h3-4,6,13H,1-2,5H2. The number of halogens is 2.